The van der Waals surface area contributed by atoms with Gasteiger partial charge in [0.2, 0.25) is 0 Å². The first-order valence-corrected chi connectivity index (χ1v) is 7.20. The first-order chi connectivity index (χ1) is 7.52. The molecule has 1 N–H and O–H groups in total. The molecule has 2 unspecified atom stereocenters. The monoisotopic (exact) mass is 243 g/mol. The highest BCUT2D eigenvalue weighted by molar-refractivity contribution is 7.91. The van der Waals surface area contributed by atoms with Crippen molar-refractivity contribution in [2.45, 2.75) is 12.5 Å². The molecule has 0 aliphatic carbocycles. The van der Waals surface area contributed by atoms with Crippen LogP contribution in [-0.4, -0.2) is 36.8 Å². The van der Waals surface area contributed by atoms with Gasteiger partial charge in [-0.05, 0) is 19.4 Å². The average Bonchev–Trinajstić information content (AvgIpc) is 2.75. The summed E-state index contributed by atoms with van der Waals surface area (Å²) in [7, 11) is 0.907. The van der Waals surface area contributed by atoms with E-state index >= 15 is 0 Å². The molecule has 2 atom stereocenters. The Labute approximate surface area is 95.8 Å². The lowest BCUT2D eigenvalue weighted by molar-refractivity contribution is 0.418. The second-order valence-corrected chi connectivity index (χ2v) is 6.61. The maximum absolute atomic E-state index is 11.4. The smallest absolute Gasteiger partial charge is 0.150 e. The van der Waals surface area contributed by atoms with E-state index in [0.717, 1.165) is 12.0 Å². The zero-order valence-corrected chi connectivity index (χ0v) is 10.4. The summed E-state index contributed by atoms with van der Waals surface area (Å²) >= 11 is 0. The van der Waals surface area contributed by atoms with E-state index in [1.54, 1.807) is 10.9 Å². The van der Waals surface area contributed by atoms with Gasteiger partial charge in [0.15, 0.2) is 9.84 Å². The summed E-state index contributed by atoms with van der Waals surface area (Å²) in [5.41, 5.74) is 1.06. The fraction of sp³-hybridized carbons (Fsp3) is 0.700. The van der Waals surface area contributed by atoms with Gasteiger partial charge < -0.3 is 5.32 Å². The van der Waals surface area contributed by atoms with E-state index in [0.29, 0.717) is 5.75 Å². The van der Waals surface area contributed by atoms with Crippen molar-refractivity contribution in [2.24, 2.45) is 13.0 Å². The molecule has 0 amide bonds. The van der Waals surface area contributed by atoms with Gasteiger partial charge in [0, 0.05) is 24.8 Å². The summed E-state index contributed by atoms with van der Waals surface area (Å²) in [4.78, 5) is 0. The van der Waals surface area contributed by atoms with Crippen LogP contribution >= 0.6 is 0 Å². The highest BCUT2D eigenvalue weighted by Gasteiger charge is 2.34. The normalized spacial score (nSPS) is 25.8. The van der Waals surface area contributed by atoms with Gasteiger partial charge in [-0.2, -0.15) is 5.10 Å². The van der Waals surface area contributed by atoms with Gasteiger partial charge in [0.05, 0.1) is 17.7 Å². The van der Waals surface area contributed by atoms with Gasteiger partial charge in [-0.25, -0.2) is 8.42 Å². The summed E-state index contributed by atoms with van der Waals surface area (Å²) in [5.74, 6) is 0.767. The van der Waals surface area contributed by atoms with E-state index in [4.69, 9.17) is 0 Å². The van der Waals surface area contributed by atoms with Crippen LogP contribution in [-0.2, 0) is 16.9 Å². The first-order valence-electron chi connectivity index (χ1n) is 5.38. The van der Waals surface area contributed by atoms with Gasteiger partial charge in [0.1, 0.15) is 0 Å². The van der Waals surface area contributed by atoms with Crippen LogP contribution in [0.5, 0.6) is 0 Å². The molecule has 5 nitrogen and oxygen atoms in total. The molecule has 0 saturated carbocycles. The Balaban J connectivity index is 2.18. The van der Waals surface area contributed by atoms with E-state index in [1.807, 2.05) is 20.3 Å². The van der Waals surface area contributed by atoms with Gasteiger partial charge in [0.25, 0.3) is 0 Å². The maximum atomic E-state index is 11.4. The molecule has 0 aromatic carbocycles. The minimum atomic E-state index is -2.82. The number of aromatic nitrogens is 2. The third-order valence-electron chi connectivity index (χ3n) is 3.13. The molecule has 1 saturated heterocycles. The highest BCUT2D eigenvalue weighted by atomic mass is 32.2. The van der Waals surface area contributed by atoms with Crippen LogP contribution in [0, 0.1) is 5.92 Å². The van der Waals surface area contributed by atoms with Crippen molar-refractivity contribution < 1.29 is 8.42 Å². The molecule has 2 heterocycles. The minimum absolute atomic E-state index is 0.0889. The number of hydrogen-bond donors (Lipinski definition) is 1. The lowest BCUT2D eigenvalue weighted by atomic mass is 9.95. The third kappa shape index (κ3) is 2.27. The van der Waals surface area contributed by atoms with Crippen LogP contribution in [0.3, 0.4) is 0 Å². The van der Waals surface area contributed by atoms with Crippen molar-refractivity contribution in [3.8, 4) is 0 Å². The number of sulfone groups is 1. The fourth-order valence-electron chi connectivity index (χ4n) is 2.36. The van der Waals surface area contributed by atoms with Crippen LogP contribution < -0.4 is 5.32 Å². The van der Waals surface area contributed by atoms with Crippen molar-refractivity contribution in [2.75, 3.05) is 18.6 Å². The zero-order chi connectivity index (χ0) is 11.8. The summed E-state index contributed by atoms with van der Waals surface area (Å²) in [6.45, 7) is 0. The van der Waals surface area contributed by atoms with Gasteiger partial charge >= 0.3 is 0 Å². The Kier molecular flexibility index (Phi) is 3.03. The molecule has 1 fully saturated rings. The quantitative estimate of drug-likeness (QED) is 0.818. The van der Waals surface area contributed by atoms with Crippen LogP contribution in [0.15, 0.2) is 12.4 Å². The molecule has 0 radical (unpaired) electrons. The number of rotatable bonds is 3. The third-order valence-corrected chi connectivity index (χ3v) is 4.93. The van der Waals surface area contributed by atoms with Crippen LogP contribution in [0.2, 0.25) is 0 Å². The summed E-state index contributed by atoms with van der Waals surface area (Å²) in [6.07, 6.45) is 4.47. The summed E-state index contributed by atoms with van der Waals surface area (Å²) in [6, 6.07) is 0.0889. The number of nitrogens with one attached hydrogen (secondary N) is 1. The molecular weight excluding hydrogens is 226 g/mol. The van der Waals surface area contributed by atoms with Crippen LogP contribution in [0.25, 0.3) is 0 Å². The topological polar surface area (TPSA) is 64.0 Å². The Morgan fingerprint density at radius 2 is 2.38 bits per heavy atom. The van der Waals surface area contributed by atoms with E-state index in [1.165, 1.54) is 0 Å². The molecule has 0 spiro atoms. The number of aryl methyl sites for hydroxylation is 1. The molecule has 1 aromatic heterocycles. The lowest BCUT2D eigenvalue weighted by Crippen LogP contribution is -2.25. The Bertz CT molecular complexity index is 466. The van der Waals surface area contributed by atoms with Crippen LogP contribution in [0.4, 0.5) is 0 Å². The summed E-state index contributed by atoms with van der Waals surface area (Å²) in [5, 5.41) is 7.31. The predicted molar refractivity (Wildman–Crippen MR) is 61.8 cm³/mol. The highest BCUT2D eigenvalue weighted by Crippen LogP contribution is 2.30. The van der Waals surface area contributed by atoms with E-state index in [9.17, 15) is 8.42 Å². The van der Waals surface area contributed by atoms with Crippen molar-refractivity contribution in [1.82, 2.24) is 15.1 Å². The molecule has 1 aliphatic rings. The van der Waals surface area contributed by atoms with Gasteiger partial charge in [-0.3, -0.25) is 4.68 Å². The SMILES string of the molecule is CNC(c1cnn(C)c1)C1CCS(=O)(=O)C1. The average molecular weight is 243 g/mol. The van der Waals surface area contributed by atoms with Gasteiger partial charge in [-0.1, -0.05) is 0 Å². The molecule has 6 heteroatoms. The van der Waals surface area contributed by atoms with Crippen LogP contribution in [0.1, 0.15) is 18.0 Å². The van der Waals surface area contributed by atoms with E-state index in [-0.39, 0.29) is 17.7 Å². The lowest BCUT2D eigenvalue weighted by Gasteiger charge is -2.20. The van der Waals surface area contributed by atoms with Gasteiger partial charge in [-0.15, -0.1) is 0 Å². The Hall–Kier alpha value is -0.880. The number of nitrogens with zero attached hydrogens (tertiary/aromatic N) is 2. The maximum Gasteiger partial charge on any atom is 0.150 e. The zero-order valence-electron chi connectivity index (χ0n) is 9.55. The molecule has 2 rings (SSSR count). The second-order valence-electron chi connectivity index (χ2n) is 4.38. The van der Waals surface area contributed by atoms with Crippen molar-refractivity contribution in [3.05, 3.63) is 18.0 Å². The Morgan fingerprint density at radius 3 is 2.81 bits per heavy atom. The predicted octanol–water partition coefficient (Wildman–Crippen LogP) is 0.115. The molecule has 0 bridgehead atoms. The Morgan fingerprint density at radius 1 is 1.62 bits per heavy atom. The molecule has 90 valence electrons. The van der Waals surface area contributed by atoms with Crippen molar-refractivity contribution in [1.29, 1.82) is 0 Å². The van der Waals surface area contributed by atoms with Crippen molar-refractivity contribution in [3.63, 3.8) is 0 Å². The van der Waals surface area contributed by atoms with E-state index in [2.05, 4.69) is 10.4 Å². The second kappa shape index (κ2) is 4.18. The van der Waals surface area contributed by atoms with Crippen molar-refractivity contribution >= 4 is 9.84 Å². The summed E-state index contributed by atoms with van der Waals surface area (Å²) < 4.78 is 24.6. The molecule has 16 heavy (non-hydrogen) atoms. The minimum Gasteiger partial charge on any atom is -0.313 e. The van der Waals surface area contributed by atoms with E-state index < -0.39 is 9.84 Å². The first kappa shape index (κ1) is 11.6. The molecular formula is C10H17N3O2S. The molecule has 1 aromatic rings. The molecule has 1 aliphatic heterocycles. The largest absolute Gasteiger partial charge is 0.313 e. The standard InChI is InChI=1S/C10H17N3O2S/c1-11-10(9-5-12-13(2)6-9)8-3-4-16(14,15)7-8/h5-6,8,10-11H,3-4,7H2,1-2H3. The fourth-order valence-corrected chi connectivity index (χ4v) is 4.20. The number of hydrogen-bond acceptors (Lipinski definition) is 4.